The van der Waals surface area contributed by atoms with Gasteiger partial charge in [-0.25, -0.2) is 0 Å². The normalized spacial score (nSPS) is 21.4. The van der Waals surface area contributed by atoms with Gasteiger partial charge in [-0.15, -0.1) is 0 Å². The van der Waals surface area contributed by atoms with Crippen molar-refractivity contribution < 1.29 is 39.8 Å². The number of aliphatic hydroxyl groups is 5. The van der Waals surface area contributed by atoms with E-state index >= 15 is 0 Å². The topological polar surface area (TPSA) is 149 Å². The van der Waals surface area contributed by atoms with Crippen molar-refractivity contribution in [3.8, 4) is 0 Å². The summed E-state index contributed by atoms with van der Waals surface area (Å²) in [7, 11) is 0. The van der Waals surface area contributed by atoms with E-state index in [4.69, 9.17) is 9.47 Å². The Morgan fingerprint density at radius 2 is 1.02 bits per heavy atom. The number of hydrogen-bond acceptors (Lipinski definition) is 8. The van der Waals surface area contributed by atoms with Gasteiger partial charge >= 0.3 is 0 Å². The van der Waals surface area contributed by atoms with Crippen LogP contribution in [0.5, 0.6) is 0 Å². The van der Waals surface area contributed by atoms with Gasteiger partial charge in [0.05, 0.1) is 25.4 Å². The molecular formula is C47H87NO8. The molecule has 1 saturated heterocycles. The zero-order valence-corrected chi connectivity index (χ0v) is 35.9. The Balaban J connectivity index is 2.36. The van der Waals surface area contributed by atoms with Gasteiger partial charge in [0.1, 0.15) is 24.4 Å². The first kappa shape index (κ1) is 52.4. The summed E-state index contributed by atoms with van der Waals surface area (Å²) in [5, 5.41) is 54.1. The van der Waals surface area contributed by atoms with Gasteiger partial charge in [0.2, 0.25) is 5.91 Å². The molecule has 7 atom stereocenters. The van der Waals surface area contributed by atoms with Gasteiger partial charge in [-0.3, -0.25) is 4.79 Å². The van der Waals surface area contributed by atoms with E-state index in [9.17, 15) is 30.3 Å². The molecule has 0 aromatic rings. The Labute approximate surface area is 342 Å². The number of unbranched alkanes of at least 4 members (excludes halogenated alkanes) is 24. The number of rotatable bonds is 38. The second-order valence-corrected chi connectivity index (χ2v) is 16.2. The van der Waals surface area contributed by atoms with Crippen LogP contribution in [0.3, 0.4) is 0 Å². The van der Waals surface area contributed by atoms with E-state index in [0.717, 1.165) is 38.5 Å². The second kappa shape index (κ2) is 37.7. The van der Waals surface area contributed by atoms with Crippen molar-refractivity contribution in [1.29, 1.82) is 0 Å². The van der Waals surface area contributed by atoms with Crippen LogP contribution >= 0.6 is 0 Å². The van der Waals surface area contributed by atoms with Crippen molar-refractivity contribution in [2.45, 2.75) is 243 Å². The molecule has 6 N–H and O–H groups in total. The number of aliphatic hydroxyl groups excluding tert-OH is 5. The number of carbonyl (C=O) groups excluding carboxylic acids is 1. The Morgan fingerprint density at radius 1 is 0.589 bits per heavy atom. The summed E-state index contributed by atoms with van der Waals surface area (Å²) in [6.45, 7) is 3.74. The molecule has 1 amide bonds. The van der Waals surface area contributed by atoms with Crippen molar-refractivity contribution in [3.05, 3.63) is 36.5 Å². The molecule has 7 unspecified atom stereocenters. The molecule has 328 valence electrons. The molecular weight excluding hydrogens is 707 g/mol. The minimum atomic E-state index is -1.57. The van der Waals surface area contributed by atoms with E-state index in [0.29, 0.717) is 6.42 Å². The second-order valence-electron chi connectivity index (χ2n) is 16.2. The van der Waals surface area contributed by atoms with E-state index < -0.39 is 49.5 Å². The first-order valence-corrected chi connectivity index (χ1v) is 23.2. The van der Waals surface area contributed by atoms with Crippen LogP contribution in [0.15, 0.2) is 36.5 Å². The van der Waals surface area contributed by atoms with Gasteiger partial charge in [-0.2, -0.15) is 0 Å². The maximum Gasteiger partial charge on any atom is 0.220 e. The van der Waals surface area contributed by atoms with Crippen LogP contribution in [-0.4, -0.2) is 87.5 Å². The van der Waals surface area contributed by atoms with Gasteiger partial charge in [-0.05, 0) is 57.8 Å². The van der Waals surface area contributed by atoms with E-state index in [-0.39, 0.29) is 12.5 Å². The predicted molar refractivity (Wildman–Crippen MR) is 230 cm³/mol. The first-order valence-electron chi connectivity index (χ1n) is 23.2. The molecule has 0 aromatic heterocycles. The van der Waals surface area contributed by atoms with Gasteiger partial charge in [0, 0.05) is 6.42 Å². The average molecular weight is 794 g/mol. The maximum absolute atomic E-state index is 12.9. The van der Waals surface area contributed by atoms with Crippen LogP contribution in [0.25, 0.3) is 0 Å². The average Bonchev–Trinajstić information content (AvgIpc) is 3.20. The van der Waals surface area contributed by atoms with Crippen LogP contribution in [0, 0.1) is 0 Å². The smallest absolute Gasteiger partial charge is 0.220 e. The van der Waals surface area contributed by atoms with E-state index in [1.54, 1.807) is 6.08 Å². The Morgan fingerprint density at radius 3 is 1.50 bits per heavy atom. The van der Waals surface area contributed by atoms with Crippen LogP contribution in [0.4, 0.5) is 0 Å². The lowest BCUT2D eigenvalue weighted by atomic mass is 9.99. The summed E-state index contributed by atoms with van der Waals surface area (Å²) in [5.74, 6) is -0.190. The Bertz CT molecular complexity index is 972. The number of carbonyl (C=O) groups is 1. The highest BCUT2D eigenvalue weighted by Crippen LogP contribution is 2.22. The van der Waals surface area contributed by atoms with Crippen molar-refractivity contribution in [2.75, 3.05) is 13.2 Å². The Kier molecular flexibility index (Phi) is 35.3. The molecule has 1 heterocycles. The Hall–Kier alpha value is -1.59. The molecule has 0 bridgehead atoms. The summed E-state index contributed by atoms with van der Waals surface area (Å²) in [5.41, 5.74) is 0. The summed E-state index contributed by atoms with van der Waals surface area (Å²) in [6, 6.07) is -0.820. The molecule has 0 spiro atoms. The van der Waals surface area contributed by atoms with Crippen molar-refractivity contribution >= 4 is 5.91 Å². The van der Waals surface area contributed by atoms with E-state index in [2.05, 4.69) is 43.5 Å². The third kappa shape index (κ3) is 27.9. The molecule has 56 heavy (non-hydrogen) atoms. The summed E-state index contributed by atoms with van der Waals surface area (Å²) in [6.07, 6.45) is 39.0. The van der Waals surface area contributed by atoms with Crippen LogP contribution in [-0.2, 0) is 14.3 Å². The fourth-order valence-electron chi connectivity index (χ4n) is 7.17. The highest BCUT2D eigenvalue weighted by atomic mass is 16.7. The van der Waals surface area contributed by atoms with Gasteiger partial charge in [0.25, 0.3) is 0 Å². The SMILES string of the molecule is CCCCCCCC/C=C\CCCCCCCCCCCC(=O)NC(COC1OC(CO)C(O)C(O)C1O)C(O)/C=C/CC/C=C/CCCCCCCCCC. The van der Waals surface area contributed by atoms with Gasteiger partial charge in [0.15, 0.2) is 6.29 Å². The summed E-state index contributed by atoms with van der Waals surface area (Å²) in [4.78, 5) is 12.9. The number of nitrogens with one attached hydrogen (secondary N) is 1. The molecule has 0 aromatic carbocycles. The summed E-state index contributed by atoms with van der Waals surface area (Å²) < 4.78 is 11.2. The summed E-state index contributed by atoms with van der Waals surface area (Å²) >= 11 is 0. The lowest BCUT2D eigenvalue weighted by molar-refractivity contribution is -0.302. The molecule has 1 aliphatic rings. The standard InChI is InChI=1S/C47H87NO8/c1-3-5-7-9-11-13-15-17-19-20-21-22-23-25-27-29-31-33-35-37-43(51)48-40(39-55-47-46(54)45(53)44(52)42(38-49)56-47)41(50)36-34-32-30-28-26-24-18-16-14-12-10-8-6-4-2/h17,19,26,28,34,36,40-42,44-47,49-50,52-54H,3-16,18,20-25,27,29-33,35,37-39H2,1-2H3,(H,48,51)/b19-17-,28-26+,36-34+. The molecule has 1 rings (SSSR count). The van der Waals surface area contributed by atoms with Gasteiger partial charge < -0.3 is 40.3 Å². The number of amides is 1. The van der Waals surface area contributed by atoms with Crippen LogP contribution in [0.1, 0.15) is 200 Å². The lowest BCUT2D eigenvalue weighted by Gasteiger charge is -2.40. The fourth-order valence-corrected chi connectivity index (χ4v) is 7.17. The molecule has 0 radical (unpaired) electrons. The molecule has 1 fully saturated rings. The zero-order chi connectivity index (χ0) is 40.9. The molecule has 9 nitrogen and oxygen atoms in total. The minimum Gasteiger partial charge on any atom is -0.394 e. The van der Waals surface area contributed by atoms with Crippen LogP contribution < -0.4 is 5.32 Å². The highest BCUT2D eigenvalue weighted by Gasteiger charge is 2.44. The monoisotopic (exact) mass is 794 g/mol. The van der Waals surface area contributed by atoms with Crippen LogP contribution in [0.2, 0.25) is 0 Å². The fraction of sp³-hybridized carbons (Fsp3) is 0.851. The number of allylic oxidation sites excluding steroid dienone is 5. The highest BCUT2D eigenvalue weighted by molar-refractivity contribution is 5.76. The van der Waals surface area contributed by atoms with Crippen molar-refractivity contribution in [1.82, 2.24) is 5.32 Å². The maximum atomic E-state index is 12.9. The van der Waals surface area contributed by atoms with Gasteiger partial charge in [-0.1, -0.05) is 172 Å². The van der Waals surface area contributed by atoms with E-state index in [1.165, 1.54) is 141 Å². The number of hydrogen-bond donors (Lipinski definition) is 6. The third-order valence-electron chi connectivity index (χ3n) is 10.9. The predicted octanol–water partition coefficient (Wildman–Crippen LogP) is 9.67. The minimum absolute atomic E-state index is 0.190. The third-order valence-corrected chi connectivity index (χ3v) is 10.9. The molecule has 9 heteroatoms. The number of ether oxygens (including phenoxy) is 2. The molecule has 0 aliphatic carbocycles. The lowest BCUT2D eigenvalue weighted by Crippen LogP contribution is -2.60. The quantitative estimate of drug-likeness (QED) is 0.0268. The largest absolute Gasteiger partial charge is 0.394 e. The van der Waals surface area contributed by atoms with E-state index in [1.807, 2.05) is 6.08 Å². The molecule has 0 saturated carbocycles. The zero-order valence-electron chi connectivity index (χ0n) is 35.9. The van der Waals surface area contributed by atoms with Crippen molar-refractivity contribution in [2.24, 2.45) is 0 Å². The van der Waals surface area contributed by atoms with Crippen molar-refractivity contribution in [3.63, 3.8) is 0 Å². The first-order chi connectivity index (χ1) is 27.3. The molecule has 1 aliphatic heterocycles.